The molecule has 4 heterocycles. The largest absolute Gasteiger partial charge is 0.351 e. The van der Waals surface area contributed by atoms with Gasteiger partial charge in [-0.3, -0.25) is 4.79 Å². The third kappa shape index (κ3) is 3.37. The molecular weight excluding hydrogens is 334 g/mol. The van der Waals surface area contributed by atoms with E-state index in [1.54, 1.807) is 0 Å². The Morgan fingerprint density at radius 3 is 2.59 bits per heavy atom. The number of nitrogens with zero attached hydrogens (tertiary/aromatic N) is 1. The van der Waals surface area contributed by atoms with E-state index in [1.165, 1.54) is 37.1 Å². The van der Waals surface area contributed by atoms with Crippen molar-refractivity contribution in [2.75, 3.05) is 19.6 Å². The molecule has 3 aromatic rings. The minimum absolute atomic E-state index is 0.0227. The van der Waals surface area contributed by atoms with Crippen LogP contribution in [0.3, 0.4) is 0 Å². The van der Waals surface area contributed by atoms with Crippen LogP contribution in [0.25, 0.3) is 10.9 Å². The Labute approximate surface area is 159 Å². The van der Waals surface area contributed by atoms with Gasteiger partial charge < -0.3 is 15.2 Å². The first-order chi connectivity index (χ1) is 13.2. The second-order valence-corrected chi connectivity index (χ2v) is 7.98. The van der Waals surface area contributed by atoms with Crippen LogP contribution in [0.5, 0.6) is 0 Å². The molecule has 2 aromatic carbocycles. The summed E-state index contributed by atoms with van der Waals surface area (Å²) >= 11 is 0. The standard InChI is InChI=1S/C23H25N3O/c27-23(25-22-15-26-10-8-18(22)9-11-26)21-14-19-13-17(6-7-20(19)24-21)12-16-4-2-1-3-5-16/h1-7,13-14,18,22,24H,8-12,15H2,(H,25,27). The SMILES string of the molecule is O=C(NC1CN2CCC1CC2)c1cc2cc(Cc3ccccc3)ccc2[nH]1. The highest BCUT2D eigenvalue weighted by Crippen LogP contribution is 2.28. The summed E-state index contributed by atoms with van der Waals surface area (Å²) in [6.07, 6.45) is 3.32. The van der Waals surface area contributed by atoms with Crippen LogP contribution in [0.15, 0.2) is 54.6 Å². The summed E-state index contributed by atoms with van der Waals surface area (Å²) in [5.74, 6) is 0.662. The Morgan fingerprint density at radius 1 is 1.04 bits per heavy atom. The summed E-state index contributed by atoms with van der Waals surface area (Å²) < 4.78 is 0. The molecule has 0 saturated carbocycles. The Balaban J connectivity index is 1.32. The monoisotopic (exact) mass is 359 g/mol. The van der Waals surface area contributed by atoms with Gasteiger partial charge in [0.2, 0.25) is 0 Å². The summed E-state index contributed by atoms with van der Waals surface area (Å²) in [5, 5.41) is 4.37. The zero-order chi connectivity index (χ0) is 18.2. The number of hydrogen-bond donors (Lipinski definition) is 2. The van der Waals surface area contributed by atoms with Gasteiger partial charge in [0.25, 0.3) is 5.91 Å². The molecule has 3 aliphatic heterocycles. The lowest BCUT2D eigenvalue weighted by Crippen LogP contribution is -2.57. The predicted molar refractivity (Wildman–Crippen MR) is 108 cm³/mol. The minimum Gasteiger partial charge on any atom is -0.351 e. The number of carbonyl (C=O) groups excluding carboxylic acids is 1. The molecule has 1 amide bonds. The number of carbonyl (C=O) groups is 1. The van der Waals surface area contributed by atoms with Crippen LogP contribution < -0.4 is 5.32 Å². The Hall–Kier alpha value is -2.59. The van der Waals surface area contributed by atoms with Gasteiger partial charge in [-0.15, -0.1) is 0 Å². The average Bonchev–Trinajstić information content (AvgIpc) is 3.13. The summed E-state index contributed by atoms with van der Waals surface area (Å²) in [5.41, 5.74) is 4.24. The van der Waals surface area contributed by atoms with E-state index in [2.05, 4.69) is 57.7 Å². The summed E-state index contributed by atoms with van der Waals surface area (Å²) in [4.78, 5) is 18.5. The van der Waals surface area contributed by atoms with Crippen molar-refractivity contribution < 1.29 is 4.79 Å². The maximum Gasteiger partial charge on any atom is 0.268 e. The molecule has 2 bridgehead atoms. The topological polar surface area (TPSA) is 48.1 Å². The number of benzene rings is 2. The Morgan fingerprint density at radius 2 is 1.85 bits per heavy atom. The molecule has 6 rings (SSSR count). The number of aromatic nitrogens is 1. The number of aromatic amines is 1. The maximum absolute atomic E-state index is 12.8. The van der Waals surface area contributed by atoms with E-state index < -0.39 is 0 Å². The minimum atomic E-state index is 0.0227. The predicted octanol–water partition coefficient (Wildman–Crippen LogP) is 3.58. The van der Waals surface area contributed by atoms with E-state index in [4.69, 9.17) is 0 Å². The number of piperidine rings is 3. The molecule has 1 atom stereocenters. The van der Waals surface area contributed by atoms with Gasteiger partial charge in [-0.05, 0) is 67.6 Å². The molecule has 0 radical (unpaired) electrons. The van der Waals surface area contributed by atoms with E-state index in [0.717, 1.165) is 23.9 Å². The quantitative estimate of drug-likeness (QED) is 0.748. The van der Waals surface area contributed by atoms with Crippen molar-refractivity contribution in [1.29, 1.82) is 0 Å². The number of H-pyrrole nitrogens is 1. The maximum atomic E-state index is 12.8. The lowest BCUT2D eigenvalue weighted by molar-refractivity contribution is 0.0618. The van der Waals surface area contributed by atoms with Gasteiger partial charge in [0.05, 0.1) is 0 Å². The molecule has 4 heteroatoms. The fourth-order valence-electron chi connectivity index (χ4n) is 4.62. The number of amides is 1. The summed E-state index contributed by atoms with van der Waals surface area (Å²) in [6.45, 7) is 3.37. The van der Waals surface area contributed by atoms with Crippen LogP contribution in [0.4, 0.5) is 0 Å². The average molecular weight is 359 g/mol. The van der Waals surface area contributed by atoms with E-state index in [-0.39, 0.29) is 5.91 Å². The zero-order valence-corrected chi connectivity index (χ0v) is 15.4. The van der Waals surface area contributed by atoms with Crippen molar-refractivity contribution in [2.24, 2.45) is 5.92 Å². The fraction of sp³-hybridized carbons (Fsp3) is 0.348. The van der Waals surface area contributed by atoms with Crippen molar-refractivity contribution in [3.8, 4) is 0 Å². The molecule has 3 aliphatic rings. The molecule has 4 nitrogen and oxygen atoms in total. The first-order valence-corrected chi connectivity index (χ1v) is 9.93. The van der Waals surface area contributed by atoms with Crippen LogP contribution in [0.1, 0.15) is 34.5 Å². The third-order valence-corrected chi connectivity index (χ3v) is 6.15. The van der Waals surface area contributed by atoms with Crippen LogP contribution in [-0.2, 0) is 6.42 Å². The highest BCUT2D eigenvalue weighted by Gasteiger charge is 2.35. The van der Waals surface area contributed by atoms with Gasteiger partial charge in [0.15, 0.2) is 0 Å². The first-order valence-electron chi connectivity index (χ1n) is 9.93. The van der Waals surface area contributed by atoms with Gasteiger partial charge in [-0.1, -0.05) is 36.4 Å². The van der Waals surface area contributed by atoms with E-state index in [0.29, 0.717) is 17.7 Å². The second kappa shape index (κ2) is 6.86. The second-order valence-electron chi connectivity index (χ2n) is 7.98. The first kappa shape index (κ1) is 16.6. The van der Waals surface area contributed by atoms with Crippen molar-refractivity contribution in [3.05, 3.63) is 71.4 Å². The fourth-order valence-corrected chi connectivity index (χ4v) is 4.62. The number of hydrogen-bond acceptors (Lipinski definition) is 2. The van der Waals surface area contributed by atoms with Gasteiger partial charge in [-0.25, -0.2) is 0 Å². The molecule has 3 saturated heterocycles. The molecular formula is C23H25N3O. The van der Waals surface area contributed by atoms with Crippen molar-refractivity contribution >= 4 is 16.8 Å². The Bertz CT molecular complexity index is 954. The number of fused-ring (bicyclic) bond motifs is 4. The normalized spacial score (nSPS) is 24.2. The molecule has 138 valence electrons. The molecule has 3 fully saturated rings. The van der Waals surface area contributed by atoms with Crippen LogP contribution in [0.2, 0.25) is 0 Å². The lowest BCUT2D eigenvalue weighted by Gasteiger charge is -2.44. The molecule has 1 aromatic heterocycles. The van der Waals surface area contributed by atoms with E-state index in [1.807, 2.05) is 12.1 Å². The van der Waals surface area contributed by atoms with Crippen LogP contribution >= 0.6 is 0 Å². The number of nitrogens with one attached hydrogen (secondary N) is 2. The summed E-state index contributed by atoms with van der Waals surface area (Å²) in [6, 6.07) is 19.2. The Kier molecular flexibility index (Phi) is 4.21. The molecule has 27 heavy (non-hydrogen) atoms. The van der Waals surface area contributed by atoms with Gasteiger partial charge in [0.1, 0.15) is 5.69 Å². The van der Waals surface area contributed by atoms with Crippen LogP contribution in [0, 0.1) is 5.92 Å². The van der Waals surface area contributed by atoms with Crippen molar-refractivity contribution in [2.45, 2.75) is 25.3 Å². The van der Waals surface area contributed by atoms with Crippen molar-refractivity contribution in [1.82, 2.24) is 15.2 Å². The van der Waals surface area contributed by atoms with Crippen molar-refractivity contribution in [3.63, 3.8) is 0 Å². The third-order valence-electron chi connectivity index (χ3n) is 6.15. The van der Waals surface area contributed by atoms with Gasteiger partial charge >= 0.3 is 0 Å². The molecule has 2 N–H and O–H groups in total. The summed E-state index contributed by atoms with van der Waals surface area (Å²) in [7, 11) is 0. The number of rotatable bonds is 4. The molecule has 1 unspecified atom stereocenters. The van der Waals surface area contributed by atoms with Crippen LogP contribution in [-0.4, -0.2) is 41.5 Å². The van der Waals surface area contributed by atoms with Gasteiger partial charge in [-0.2, -0.15) is 0 Å². The highest BCUT2D eigenvalue weighted by atomic mass is 16.2. The zero-order valence-electron chi connectivity index (χ0n) is 15.4. The van der Waals surface area contributed by atoms with E-state index in [9.17, 15) is 4.79 Å². The smallest absolute Gasteiger partial charge is 0.268 e. The van der Waals surface area contributed by atoms with Gasteiger partial charge in [0, 0.05) is 23.5 Å². The molecule has 0 spiro atoms. The van der Waals surface area contributed by atoms with E-state index >= 15 is 0 Å². The lowest BCUT2D eigenvalue weighted by atomic mass is 9.84. The molecule has 0 aliphatic carbocycles. The highest BCUT2D eigenvalue weighted by molar-refractivity contribution is 5.98.